The molecule has 0 aliphatic heterocycles. The van der Waals surface area contributed by atoms with Crippen LogP contribution in [0.3, 0.4) is 0 Å². The summed E-state index contributed by atoms with van der Waals surface area (Å²) in [5.74, 6) is 0. The van der Waals surface area contributed by atoms with Gasteiger partial charge in [0.25, 0.3) is 0 Å². The molecule has 0 aliphatic carbocycles. The van der Waals surface area contributed by atoms with E-state index in [1.54, 1.807) is 0 Å². The summed E-state index contributed by atoms with van der Waals surface area (Å²) in [6.45, 7) is 0. The molecular weight excluding hydrogens is 520 g/mol. The van der Waals surface area contributed by atoms with Gasteiger partial charge >= 0.3 is 0 Å². The summed E-state index contributed by atoms with van der Waals surface area (Å²) in [6.07, 6.45) is 0. The van der Waals surface area contributed by atoms with Crippen LogP contribution >= 0.6 is 0 Å². The van der Waals surface area contributed by atoms with Crippen LogP contribution in [0.25, 0.3) is 87.6 Å². The Hall–Kier alpha value is -5.66. The lowest BCUT2D eigenvalue weighted by atomic mass is 9.85. The first-order chi connectivity index (χ1) is 24.3. The van der Waals surface area contributed by atoms with Gasteiger partial charge in [-0.25, -0.2) is 0 Å². The molecule has 0 fully saturated rings. The minimum atomic E-state index is -0.446. The Morgan fingerprint density at radius 2 is 1.02 bits per heavy atom. The van der Waals surface area contributed by atoms with Gasteiger partial charge in [-0.2, -0.15) is 0 Å². The first-order valence-electron chi connectivity index (χ1n) is 17.7. The van der Waals surface area contributed by atoms with Crippen molar-refractivity contribution in [3.05, 3.63) is 158 Å². The number of hydrogen-bond donors (Lipinski definition) is 0. The Labute approximate surface area is 259 Å². The number of fused-ring (bicyclic) bond motifs is 6. The van der Waals surface area contributed by atoms with E-state index in [0.717, 1.165) is 43.8 Å². The standard InChI is InChI=1S/C42H26O/c1-2-16-30-27(12-1)13-10-22-31(30)28-14-9-15-29(26-28)40-33-18-3-5-20-35(33)41(36-21-6-4-19-34(36)40)38-24-11-23-37-32-17-7-8-25-39(32)43-42(37)38/h1-26H/i7D,8D,11D,17D,23D,24D,25D. The van der Waals surface area contributed by atoms with Gasteiger partial charge in [0.15, 0.2) is 0 Å². The molecule has 0 unspecified atom stereocenters. The smallest absolute Gasteiger partial charge is 0.143 e. The van der Waals surface area contributed by atoms with E-state index < -0.39 is 12.1 Å². The second-order valence-corrected chi connectivity index (χ2v) is 10.7. The lowest BCUT2D eigenvalue weighted by Crippen LogP contribution is -1.91. The van der Waals surface area contributed by atoms with E-state index in [1.807, 2.05) is 54.6 Å². The van der Waals surface area contributed by atoms with E-state index in [9.17, 15) is 1.37 Å². The van der Waals surface area contributed by atoms with Crippen molar-refractivity contribution in [2.75, 3.05) is 0 Å². The average Bonchev–Trinajstić information content (AvgIpc) is 3.55. The predicted molar refractivity (Wildman–Crippen MR) is 183 cm³/mol. The second-order valence-electron chi connectivity index (χ2n) is 10.7. The normalized spacial score (nSPS) is 14.0. The lowest BCUT2D eigenvalue weighted by molar-refractivity contribution is 0.670. The third-order valence-electron chi connectivity index (χ3n) is 8.37. The monoisotopic (exact) mass is 553 g/mol. The summed E-state index contributed by atoms with van der Waals surface area (Å²) in [7, 11) is 0. The number of rotatable bonds is 3. The molecule has 0 saturated carbocycles. The van der Waals surface area contributed by atoms with Crippen LogP contribution in [0.15, 0.2) is 162 Å². The molecule has 0 saturated heterocycles. The Morgan fingerprint density at radius 1 is 0.419 bits per heavy atom. The van der Waals surface area contributed by atoms with Gasteiger partial charge in [-0.05, 0) is 66.7 Å². The SMILES string of the molecule is [2H]c1c([2H])c([2H])c2c(oc3c(-c4c5ccccc5c(-c5cccc(-c6cccc7ccccc67)c5)c5ccccc45)c([2H])c([2H])c([2H])c32)c1[2H]. The Kier molecular flexibility index (Phi) is 3.95. The maximum Gasteiger partial charge on any atom is 0.143 e. The zero-order valence-corrected chi connectivity index (χ0v) is 22.9. The van der Waals surface area contributed by atoms with Crippen LogP contribution in [0.4, 0.5) is 0 Å². The van der Waals surface area contributed by atoms with Crippen LogP contribution in [0, 0.1) is 0 Å². The largest absolute Gasteiger partial charge is 0.455 e. The number of para-hydroxylation sites is 2. The van der Waals surface area contributed by atoms with Crippen LogP contribution < -0.4 is 0 Å². The van der Waals surface area contributed by atoms with Gasteiger partial charge in [-0.3, -0.25) is 0 Å². The van der Waals surface area contributed by atoms with Crippen molar-refractivity contribution in [2.24, 2.45) is 0 Å². The first kappa shape index (κ1) is 18.0. The fourth-order valence-corrected chi connectivity index (χ4v) is 6.53. The van der Waals surface area contributed by atoms with Gasteiger partial charge in [-0.1, -0.05) is 145 Å². The van der Waals surface area contributed by atoms with Crippen LogP contribution in [-0.4, -0.2) is 0 Å². The minimum absolute atomic E-state index is 0.0428. The van der Waals surface area contributed by atoms with Crippen molar-refractivity contribution < 1.29 is 14.0 Å². The van der Waals surface area contributed by atoms with E-state index >= 15 is 0 Å². The van der Waals surface area contributed by atoms with Crippen LogP contribution in [0.5, 0.6) is 0 Å². The lowest BCUT2D eigenvalue weighted by Gasteiger charge is -2.18. The molecule has 0 N–H and O–H groups in total. The summed E-state index contributed by atoms with van der Waals surface area (Å²) < 4.78 is 67.1. The molecule has 1 nitrogen and oxygen atoms in total. The Morgan fingerprint density at radius 3 is 1.81 bits per heavy atom. The highest BCUT2D eigenvalue weighted by atomic mass is 16.3. The van der Waals surface area contributed by atoms with Gasteiger partial charge < -0.3 is 4.42 Å². The topological polar surface area (TPSA) is 13.1 Å². The zero-order chi connectivity index (χ0) is 34.4. The molecule has 0 aliphatic rings. The van der Waals surface area contributed by atoms with Gasteiger partial charge in [0.1, 0.15) is 11.2 Å². The number of hydrogen-bond acceptors (Lipinski definition) is 1. The zero-order valence-electron chi connectivity index (χ0n) is 29.9. The summed E-state index contributed by atoms with van der Waals surface area (Å²) in [5, 5.41) is 5.94. The molecular formula is C42H26O. The molecule has 0 spiro atoms. The highest BCUT2D eigenvalue weighted by Gasteiger charge is 2.20. The molecule has 0 radical (unpaired) electrons. The van der Waals surface area contributed by atoms with Gasteiger partial charge in [0.05, 0.1) is 9.60 Å². The van der Waals surface area contributed by atoms with E-state index in [0.29, 0.717) is 5.56 Å². The predicted octanol–water partition coefficient (Wildman–Crippen LogP) is 12.0. The molecule has 0 bridgehead atoms. The Bertz CT molecular complexity index is 2850. The Balaban J connectivity index is 1.40. The van der Waals surface area contributed by atoms with Crippen LogP contribution in [0.2, 0.25) is 0 Å². The fraction of sp³-hybridized carbons (Fsp3) is 0. The summed E-state index contributed by atoms with van der Waals surface area (Å²) >= 11 is 0. The van der Waals surface area contributed by atoms with Crippen molar-refractivity contribution in [3.8, 4) is 33.4 Å². The van der Waals surface area contributed by atoms with Crippen molar-refractivity contribution in [3.63, 3.8) is 0 Å². The van der Waals surface area contributed by atoms with Gasteiger partial charge in [-0.15, -0.1) is 0 Å². The van der Waals surface area contributed by atoms with Gasteiger partial charge in [0, 0.05) is 21.9 Å². The van der Waals surface area contributed by atoms with Crippen molar-refractivity contribution in [2.45, 2.75) is 0 Å². The average molecular weight is 554 g/mol. The maximum atomic E-state index is 9.24. The van der Waals surface area contributed by atoms with Crippen LogP contribution in [-0.2, 0) is 0 Å². The fourth-order valence-electron chi connectivity index (χ4n) is 6.53. The van der Waals surface area contributed by atoms with Crippen molar-refractivity contribution in [1.82, 2.24) is 0 Å². The summed E-state index contributed by atoms with van der Waals surface area (Å²) in [5.41, 5.74) is 5.16. The molecule has 0 atom stereocenters. The molecule has 1 heteroatoms. The number of furan rings is 1. The summed E-state index contributed by atoms with van der Waals surface area (Å²) in [4.78, 5) is 0. The van der Waals surface area contributed by atoms with Gasteiger partial charge in [0.2, 0.25) is 0 Å². The minimum Gasteiger partial charge on any atom is -0.455 e. The molecule has 9 aromatic rings. The van der Waals surface area contributed by atoms with E-state index in [2.05, 4.69) is 60.7 Å². The van der Waals surface area contributed by atoms with Crippen LogP contribution in [0.1, 0.15) is 9.60 Å². The first-order valence-corrected chi connectivity index (χ1v) is 14.2. The highest BCUT2D eigenvalue weighted by molar-refractivity contribution is 6.24. The number of benzene rings is 8. The second kappa shape index (κ2) is 9.44. The third kappa shape index (κ3) is 3.65. The molecule has 0 amide bonds. The molecule has 9 rings (SSSR count). The highest BCUT2D eigenvalue weighted by Crippen LogP contribution is 2.46. The summed E-state index contributed by atoms with van der Waals surface area (Å²) in [6, 6.07) is 36.6. The third-order valence-corrected chi connectivity index (χ3v) is 8.37. The van der Waals surface area contributed by atoms with E-state index in [-0.39, 0.29) is 57.7 Å². The quantitative estimate of drug-likeness (QED) is 0.198. The molecule has 1 heterocycles. The van der Waals surface area contributed by atoms with E-state index in [1.165, 1.54) is 10.8 Å². The molecule has 8 aromatic carbocycles. The maximum absolute atomic E-state index is 9.24. The molecule has 200 valence electrons. The van der Waals surface area contributed by atoms with Crippen molar-refractivity contribution in [1.29, 1.82) is 0 Å². The molecule has 43 heavy (non-hydrogen) atoms. The molecule has 1 aromatic heterocycles. The van der Waals surface area contributed by atoms with Crippen molar-refractivity contribution >= 4 is 54.3 Å². The van der Waals surface area contributed by atoms with E-state index in [4.69, 9.17) is 12.6 Å².